The Morgan fingerprint density at radius 2 is 1.91 bits per heavy atom. The monoisotopic (exact) mass is 469 g/mol. The van der Waals surface area contributed by atoms with Gasteiger partial charge in [-0.3, -0.25) is 9.78 Å². The predicted octanol–water partition coefficient (Wildman–Crippen LogP) is 3.72. The highest BCUT2D eigenvalue weighted by atomic mass is 16.5. The molecule has 2 atom stereocenters. The second kappa shape index (κ2) is 10.1. The van der Waals surface area contributed by atoms with Crippen LogP contribution in [0.15, 0.2) is 61.1 Å². The molecular weight excluding hydrogens is 442 g/mol. The van der Waals surface area contributed by atoms with E-state index >= 15 is 0 Å². The zero-order chi connectivity index (χ0) is 24.2. The van der Waals surface area contributed by atoms with E-state index in [0.717, 1.165) is 41.3 Å². The Morgan fingerprint density at radius 3 is 2.71 bits per heavy atom. The summed E-state index contributed by atoms with van der Waals surface area (Å²) in [5, 5.41) is 14.2. The number of nitrogens with one attached hydrogen (secondary N) is 1. The molecule has 1 amide bonds. The van der Waals surface area contributed by atoms with Gasteiger partial charge in [0.05, 0.1) is 30.5 Å². The zero-order valence-electron chi connectivity index (χ0n) is 19.5. The van der Waals surface area contributed by atoms with Gasteiger partial charge in [-0.1, -0.05) is 37.1 Å². The molecule has 1 fully saturated rings. The molecule has 1 aliphatic carbocycles. The first-order valence-corrected chi connectivity index (χ1v) is 11.8. The van der Waals surface area contributed by atoms with Gasteiger partial charge in [-0.05, 0) is 48.6 Å². The van der Waals surface area contributed by atoms with Crippen molar-refractivity contribution in [2.75, 3.05) is 7.11 Å². The number of para-hydroxylation sites is 1. The molecule has 8 heteroatoms. The fourth-order valence-corrected chi connectivity index (χ4v) is 4.57. The summed E-state index contributed by atoms with van der Waals surface area (Å²) in [5.74, 6) is 0.165. The molecule has 0 spiro atoms. The highest BCUT2D eigenvalue weighted by Crippen LogP contribution is 2.26. The third-order valence-corrected chi connectivity index (χ3v) is 6.40. The van der Waals surface area contributed by atoms with Gasteiger partial charge in [0.15, 0.2) is 5.69 Å². The van der Waals surface area contributed by atoms with Crippen molar-refractivity contribution in [2.24, 2.45) is 0 Å². The van der Waals surface area contributed by atoms with Crippen molar-refractivity contribution in [2.45, 2.75) is 44.2 Å². The number of hydrogen-bond donors (Lipinski definition) is 2. The number of nitrogens with zero attached hydrogens (tertiary/aromatic N) is 4. The number of methoxy groups -OCH3 is 1. The number of aliphatic hydroxyl groups excluding tert-OH is 1. The van der Waals surface area contributed by atoms with E-state index in [1.165, 1.54) is 0 Å². The van der Waals surface area contributed by atoms with Gasteiger partial charge >= 0.3 is 0 Å². The lowest BCUT2D eigenvalue weighted by Gasteiger charge is -2.28. The molecule has 2 N–H and O–H groups in total. The minimum absolute atomic E-state index is 0.234. The van der Waals surface area contributed by atoms with Crippen molar-refractivity contribution < 1.29 is 14.6 Å². The average Bonchev–Trinajstić information content (AvgIpc) is 2.90. The maximum Gasteiger partial charge on any atom is 0.270 e. The number of carbonyl (C=O) groups is 1. The number of pyridine rings is 2. The molecule has 5 rings (SSSR count). The van der Waals surface area contributed by atoms with Gasteiger partial charge in [-0.15, -0.1) is 0 Å². The number of carbonyl (C=O) groups excluding carboxylic acids is 1. The number of fused-ring (bicyclic) bond motifs is 1. The van der Waals surface area contributed by atoms with E-state index in [9.17, 15) is 9.90 Å². The number of aliphatic hydroxyl groups is 1. The van der Waals surface area contributed by atoms with Crippen LogP contribution in [0.4, 0.5) is 0 Å². The molecular formula is C27H27N5O3. The smallest absolute Gasteiger partial charge is 0.270 e. The first kappa shape index (κ1) is 22.9. The van der Waals surface area contributed by atoms with Gasteiger partial charge < -0.3 is 15.2 Å². The minimum atomic E-state index is -0.509. The summed E-state index contributed by atoms with van der Waals surface area (Å²) in [6.45, 7) is 0. The van der Waals surface area contributed by atoms with Crippen LogP contribution in [-0.4, -0.2) is 50.2 Å². The lowest BCUT2D eigenvalue weighted by Crippen LogP contribution is -2.45. The topological polar surface area (TPSA) is 110 Å². The van der Waals surface area contributed by atoms with E-state index < -0.39 is 6.10 Å². The molecule has 3 heterocycles. The van der Waals surface area contributed by atoms with Crippen LogP contribution < -0.4 is 10.1 Å². The van der Waals surface area contributed by atoms with Crippen LogP contribution in [-0.2, 0) is 6.42 Å². The van der Waals surface area contributed by atoms with Crippen molar-refractivity contribution in [3.05, 3.63) is 77.9 Å². The van der Waals surface area contributed by atoms with Gasteiger partial charge in [-0.2, -0.15) is 0 Å². The van der Waals surface area contributed by atoms with Gasteiger partial charge in [-0.25, -0.2) is 15.0 Å². The highest BCUT2D eigenvalue weighted by Gasteiger charge is 2.25. The lowest BCUT2D eigenvalue weighted by atomic mass is 9.92. The molecule has 1 saturated carbocycles. The largest absolute Gasteiger partial charge is 0.479 e. The van der Waals surface area contributed by atoms with E-state index in [2.05, 4.69) is 25.3 Å². The number of amides is 1. The van der Waals surface area contributed by atoms with E-state index in [1.54, 1.807) is 25.7 Å². The van der Waals surface area contributed by atoms with Crippen LogP contribution in [0.5, 0.6) is 5.88 Å². The Kier molecular flexibility index (Phi) is 6.63. The SMILES string of the molecule is COc1nccnc1-c1ccc(Cc2cc(C(=O)NC3CCCCC3O)nc3ccccc23)cn1. The fraction of sp³-hybridized carbons (Fsp3) is 0.296. The molecule has 0 aliphatic heterocycles. The first-order valence-electron chi connectivity index (χ1n) is 11.8. The Balaban J connectivity index is 1.42. The van der Waals surface area contributed by atoms with Crippen molar-refractivity contribution in [1.82, 2.24) is 25.3 Å². The van der Waals surface area contributed by atoms with Crippen LogP contribution in [0.25, 0.3) is 22.3 Å². The summed E-state index contributed by atoms with van der Waals surface area (Å²) >= 11 is 0. The van der Waals surface area contributed by atoms with Crippen LogP contribution in [0.1, 0.15) is 47.3 Å². The van der Waals surface area contributed by atoms with Crippen molar-refractivity contribution in [3.8, 4) is 17.3 Å². The van der Waals surface area contributed by atoms with Gasteiger partial charge in [0.25, 0.3) is 5.91 Å². The normalized spacial score (nSPS) is 17.8. The molecule has 3 aromatic heterocycles. The predicted molar refractivity (Wildman–Crippen MR) is 132 cm³/mol. The summed E-state index contributed by atoms with van der Waals surface area (Å²) in [6.07, 6.45) is 8.54. The molecule has 1 aliphatic rings. The van der Waals surface area contributed by atoms with Crippen LogP contribution in [0.3, 0.4) is 0 Å². The van der Waals surface area contributed by atoms with E-state index in [0.29, 0.717) is 35.8 Å². The first-order chi connectivity index (χ1) is 17.1. The summed E-state index contributed by atoms with van der Waals surface area (Å²) in [6, 6.07) is 13.3. The molecule has 178 valence electrons. The number of ether oxygens (including phenoxy) is 1. The average molecular weight is 470 g/mol. The molecule has 4 aromatic rings. The molecule has 0 bridgehead atoms. The van der Waals surface area contributed by atoms with Crippen LogP contribution >= 0.6 is 0 Å². The van der Waals surface area contributed by atoms with Gasteiger partial charge in [0, 0.05) is 24.0 Å². The van der Waals surface area contributed by atoms with Crippen molar-refractivity contribution in [1.29, 1.82) is 0 Å². The molecule has 2 unspecified atom stereocenters. The zero-order valence-corrected chi connectivity index (χ0v) is 19.5. The molecule has 35 heavy (non-hydrogen) atoms. The number of aromatic nitrogens is 4. The van der Waals surface area contributed by atoms with Crippen LogP contribution in [0.2, 0.25) is 0 Å². The third-order valence-electron chi connectivity index (χ3n) is 6.40. The fourth-order valence-electron chi connectivity index (χ4n) is 4.57. The minimum Gasteiger partial charge on any atom is -0.479 e. The molecule has 0 radical (unpaired) electrons. The second-order valence-electron chi connectivity index (χ2n) is 8.76. The summed E-state index contributed by atoms with van der Waals surface area (Å²) in [4.78, 5) is 30.7. The molecule has 8 nitrogen and oxygen atoms in total. The summed E-state index contributed by atoms with van der Waals surface area (Å²) in [7, 11) is 1.55. The van der Waals surface area contributed by atoms with Gasteiger partial charge in [0.1, 0.15) is 5.69 Å². The Labute approximate surface area is 203 Å². The van der Waals surface area contributed by atoms with E-state index in [4.69, 9.17) is 4.74 Å². The summed E-state index contributed by atoms with van der Waals surface area (Å²) < 4.78 is 5.30. The molecule has 1 aromatic carbocycles. The number of rotatable bonds is 6. The quantitative estimate of drug-likeness (QED) is 0.443. The Hall–Kier alpha value is -3.91. The Bertz CT molecular complexity index is 1340. The maximum atomic E-state index is 13.0. The van der Waals surface area contributed by atoms with Crippen molar-refractivity contribution >= 4 is 16.8 Å². The number of hydrogen-bond acceptors (Lipinski definition) is 7. The molecule has 0 saturated heterocycles. The van der Waals surface area contributed by atoms with E-state index in [-0.39, 0.29) is 11.9 Å². The highest BCUT2D eigenvalue weighted by molar-refractivity contribution is 5.96. The lowest BCUT2D eigenvalue weighted by molar-refractivity contribution is 0.0714. The van der Waals surface area contributed by atoms with Crippen LogP contribution in [0, 0.1) is 0 Å². The second-order valence-corrected chi connectivity index (χ2v) is 8.76. The summed E-state index contributed by atoms with van der Waals surface area (Å²) in [5.41, 5.74) is 4.33. The number of benzene rings is 1. The maximum absolute atomic E-state index is 13.0. The van der Waals surface area contributed by atoms with Gasteiger partial charge in [0.2, 0.25) is 5.88 Å². The Morgan fingerprint density at radius 1 is 1.09 bits per heavy atom. The standard InChI is InChI=1S/C27H27N5O3/c1-35-27-25(28-12-13-29-27)22-11-10-17(16-30-22)14-18-15-23(31-20-7-3-2-6-19(18)20)26(34)32-21-8-4-5-9-24(21)33/h2-3,6-7,10-13,15-16,21,24,33H,4-5,8-9,14H2,1H3,(H,32,34). The third kappa shape index (κ3) is 4.97. The van der Waals surface area contributed by atoms with E-state index in [1.807, 2.05) is 42.5 Å². The van der Waals surface area contributed by atoms with Crippen molar-refractivity contribution in [3.63, 3.8) is 0 Å².